The number of benzene rings is 1. The van der Waals surface area contributed by atoms with E-state index in [4.69, 9.17) is 4.74 Å². The van der Waals surface area contributed by atoms with Crippen LogP contribution in [0.25, 0.3) is 5.65 Å². The van der Waals surface area contributed by atoms with Crippen molar-refractivity contribution < 1.29 is 14.3 Å². The third kappa shape index (κ3) is 4.66. The number of ether oxygens (including phenoxy) is 1. The molecule has 2 heterocycles. The predicted octanol–water partition coefficient (Wildman–Crippen LogP) is 2.06. The van der Waals surface area contributed by atoms with Gasteiger partial charge >= 0.3 is 5.97 Å². The number of aromatic nitrogens is 4. The van der Waals surface area contributed by atoms with E-state index in [1.54, 1.807) is 35.7 Å². The van der Waals surface area contributed by atoms with E-state index in [9.17, 15) is 9.59 Å². The molecule has 1 atom stereocenters. The van der Waals surface area contributed by atoms with E-state index in [-0.39, 0.29) is 17.1 Å². The molecule has 0 saturated heterocycles. The Morgan fingerprint density at radius 3 is 2.64 bits per heavy atom. The summed E-state index contributed by atoms with van der Waals surface area (Å²) in [5.41, 5.74) is 2.33. The summed E-state index contributed by atoms with van der Waals surface area (Å²) in [6.07, 6.45) is 0.479. The van der Waals surface area contributed by atoms with Crippen LogP contribution in [0.3, 0.4) is 0 Å². The van der Waals surface area contributed by atoms with Gasteiger partial charge in [0.15, 0.2) is 11.5 Å². The number of methoxy groups -OCH3 is 1. The first-order chi connectivity index (χ1) is 13.5. The molecule has 28 heavy (non-hydrogen) atoms. The van der Waals surface area contributed by atoms with Gasteiger partial charge in [-0.05, 0) is 38.1 Å². The Hall–Kier alpha value is -2.94. The fourth-order valence-corrected chi connectivity index (χ4v) is 3.36. The Kier molecular flexibility index (Phi) is 6.25. The number of rotatable bonds is 7. The van der Waals surface area contributed by atoms with Gasteiger partial charge in [0, 0.05) is 18.5 Å². The standard InChI is InChI=1S/C19H21N5O3S/c1-12-4-6-14(7-5-12)18(25)20-11-10-16-22-21-15-8-9-17(23-24(15)16)28-13(2)19(26)27-3/h4-9,13H,10-11H2,1-3H3,(H,20,25)/t13-/m0/s1. The second-order valence-electron chi connectivity index (χ2n) is 6.21. The lowest BCUT2D eigenvalue weighted by Crippen LogP contribution is -2.26. The van der Waals surface area contributed by atoms with Crippen molar-refractivity contribution in [1.82, 2.24) is 25.1 Å². The first-order valence-corrected chi connectivity index (χ1v) is 9.66. The molecule has 1 aromatic carbocycles. The second kappa shape index (κ2) is 8.83. The molecule has 1 N–H and O–H groups in total. The number of nitrogens with zero attached hydrogens (tertiary/aromatic N) is 4. The van der Waals surface area contributed by atoms with Gasteiger partial charge in [0.2, 0.25) is 0 Å². The fraction of sp³-hybridized carbons (Fsp3) is 0.316. The molecule has 0 aliphatic carbocycles. The summed E-state index contributed by atoms with van der Waals surface area (Å²) in [6, 6.07) is 11.0. The Morgan fingerprint density at radius 2 is 1.93 bits per heavy atom. The molecule has 0 radical (unpaired) electrons. The molecule has 0 fully saturated rings. The third-order valence-electron chi connectivity index (χ3n) is 4.08. The molecule has 9 heteroatoms. The Morgan fingerprint density at radius 1 is 1.18 bits per heavy atom. The number of carbonyl (C=O) groups excluding carboxylic acids is 2. The van der Waals surface area contributed by atoms with Crippen molar-refractivity contribution in [3.8, 4) is 0 Å². The largest absolute Gasteiger partial charge is 0.468 e. The monoisotopic (exact) mass is 399 g/mol. The highest BCUT2D eigenvalue weighted by molar-refractivity contribution is 8.00. The van der Waals surface area contributed by atoms with Crippen molar-refractivity contribution >= 4 is 29.3 Å². The highest BCUT2D eigenvalue weighted by Gasteiger charge is 2.16. The summed E-state index contributed by atoms with van der Waals surface area (Å²) < 4.78 is 6.37. The van der Waals surface area contributed by atoms with E-state index < -0.39 is 0 Å². The van der Waals surface area contributed by atoms with Crippen LogP contribution in [-0.4, -0.2) is 50.6 Å². The number of aryl methyl sites for hydroxylation is 1. The molecule has 0 unspecified atom stereocenters. The van der Waals surface area contributed by atoms with E-state index >= 15 is 0 Å². The number of fused-ring (bicyclic) bond motifs is 1. The minimum absolute atomic E-state index is 0.134. The first-order valence-electron chi connectivity index (χ1n) is 8.78. The summed E-state index contributed by atoms with van der Waals surface area (Å²) >= 11 is 1.30. The van der Waals surface area contributed by atoms with Crippen molar-refractivity contribution in [3.63, 3.8) is 0 Å². The van der Waals surface area contributed by atoms with Crippen LogP contribution in [0.15, 0.2) is 41.4 Å². The Balaban J connectivity index is 1.64. The van der Waals surface area contributed by atoms with E-state index in [0.717, 1.165) is 5.56 Å². The van der Waals surface area contributed by atoms with Crippen LogP contribution in [0.4, 0.5) is 0 Å². The zero-order chi connectivity index (χ0) is 20.1. The van der Waals surface area contributed by atoms with Crippen LogP contribution in [0, 0.1) is 6.92 Å². The van der Waals surface area contributed by atoms with Crippen molar-refractivity contribution in [1.29, 1.82) is 0 Å². The molecule has 0 aliphatic heterocycles. The maximum atomic E-state index is 12.2. The quantitative estimate of drug-likeness (QED) is 0.480. The second-order valence-corrected chi connectivity index (χ2v) is 7.57. The maximum absolute atomic E-state index is 12.2. The highest BCUT2D eigenvalue weighted by Crippen LogP contribution is 2.22. The molecular formula is C19H21N5O3S. The Bertz CT molecular complexity index is 987. The van der Waals surface area contributed by atoms with Crippen LogP contribution in [0.1, 0.15) is 28.7 Å². The van der Waals surface area contributed by atoms with Crippen LogP contribution in [-0.2, 0) is 16.0 Å². The summed E-state index contributed by atoms with van der Waals surface area (Å²) in [5.74, 6) is 0.187. The Labute approximate surface area is 166 Å². The van der Waals surface area contributed by atoms with Crippen LogP contribution in [0.2, 0.25) is 0 Å². The number of nitrogens with one attached hydrogen (secondary N) is 1. The van der Waals surface area contributed by atoms with E-state index in [1.807, 2.05) is 19.1 Å². The predicted molar refractivity (Wildman–Crippen MR) is 105 cm³/mol. The molecule has 1 amide bonds. The van der Waals surface area contributed by atoms with Gasteiger partial charge in [0.05, 0.1) is 7.11 Å². The van der Waals surface area contributed by atoms with Crippen molar-refractivity contribution in [2.75, 3.05) is 13.7 Å². The third-order valence-corrected chi connectivity index (χ3v) is 5.09. The highest BCUT2D eigenvalue weighted by atomic mass is 32.2. The van der Waals surface area contributed by atoms with Gasteiger partial charge in [-0.2, -0.15) is 9.61 Å². The molecule has 3 rings (SSSR count). The lowest BCUT2D eigenvalue weighted by Gasteiger charge is -2.08. The first kappa shape index (κ1) is 19.8. The molecule has 2 aromatic heterocycles. The molecule has 0 spiro atoms. The fourth-order valence-electron chi connectivity index (χ4n) is 2.53. The maximum Gasteiger partial charge on any atom is 0.318 e. The molecule has 0 aliphatic rings. The lowest BCUT2D eigenvalue weighted by molar-refractivity contribution is -0.139. The number of thioether (sulfide) groups is 1. The van der Waals surface area contributed by atoms with Gasteiger partial charge in [0.1, 0.15) is 10.3 Å². The van der Waals surface area contributed by atoms with Gasteiger partial charge < -0.3 is 10.1 Å². The summed E-state index contributed by atoms with van der Waals surface area (Å²) in [5, 5.41) is 15.9. The number of esters is 1. The number of hydrogen-bond acceptors (Lipinski definition) is 7. The zero-order valence-electron chi connectivity index (χ0n) is 15.9. The smallest absolute Gasteiger partial charge is 0.318 e. The average Bonchev–Trinajstić information content (AvgIpc) is 3.10. The summed E-state index contributed by atoms with van der Waals surface area (Å²) in [7, 11) is 1.36. The van der Waals surface area contributed by atoms with Crippen molar-refractivity contribution in [2.45, 2.75) is 30.5 Å². The van der Waals surface area contributed by atoms with Gasteiger partial charge in [-0.3, -0.25) is 9.59 Å². The molecule has 0 bridgehead atoms. The summed E-state index contributed by atoms with van der Waals surface area (Å²) in [6.45, 7) is 4.14. The number of carbonyl (C=O) groups is 2. The average molecular weight is 399 g/mol. The number of amides is 1. The topological polar surface area (TPSA) is 98.5 Å². The van der Waals surface area contributed by atoms with Crippen LogP contribution >= 0.6 is 11.8 Å². The lowest BCUT2D eigenvalue weighted by atomic mass is 10.1. The molecule has 146 valence electrons. The summed E-state index contributed by atoms with van der Waals surface area (Å²) in [4.78, 5) is 23.8. The van der Waals surface area contributed by atoms with E-state index in [0.29, 0.717) is 35.0 Å². The zero-order valence-corrected chi connectivity index (χ0v) is 16.7. The molecular weight excluding hydrogens is 378 g/mol. The van der Waals surface area contributed by atoms with Crippen molar-refractivity contribution in [2.24, 2.45) is 0 Å². The normalized spacial score (nSPS) is 12.0. The SMILES string of the molecule is COC(=O)[C@H](C)Sc1ccc2nnc(CCNC(=O)c3ccc(C)cc3)n2n1. The van der Waals surface area contributed by atoms with Gasteiger partial charge in [0.25, 0.3) is 5.91 Å². The molecule has 0 saturated carbocycles. The minimum atomic E-state index is -0.372. The minimum Gasteiger partial charge on any atom is -0.468 e. The van der Waals surface area contributed by atoms with Crippen molar-refractivity contribution in [3.05, 3.63) is 53.3 Å². The molecule has 3 aromatic rings. The van der Waals surface area contributed by atoms with E-state index in [2.05, 4.69) is 20.6 Å². The van der Waals surface area contributed by atoms with Crippen LogP contribution in [0.5, 0.6) is 0 Å². The van der Waals surface area contributed by atoms with Gasteiger partial charge in [-0.15, -0.1) is 10.2 Å². The van der Waals surface area contributed by atoms with Crippen LogP contribution < -0.4 is 5.32 Å². The van der Waals surface area contributed by atoms with Gasteiger partial charge in [-0.1, -0.05) is 29.5 Å². The van der Waals surface area contributed by atoms with Gasteiger partial charge in [-0.25, -0.2) is 0 Å². The molecule has 8 nitrogen and oxygen atoms in total. The number of hydrogen-bond donors (Lipinski definition) is 1. The van der Waals surface area contributed by atoms with E-state index in [1.165, 1.54) is 18.9 Å².